The molecule has 0 saturated carbocycles. The van der Waals surface area contributed by atoms with E-state index in [9.17, 15) is 0 Å². The first-order chi connectivity index (χ1) is 7.45. The molecule has 0 fully saturated rings. The van der Waals surface area contributed by atoms with Crippen molar-refractivity contribution in [3.63, 3.8) is 0 Å². The third-order valence-electron chi connectivity index (χ3n) is 2.27. The summed E-state index contributed by atoms with van der Waals surface area (Å²) in [5, 5.41) is 0. The van der Waals surface area contributed by atoms with Gasteiger partial charge >= 0.3 is 0 Å². The van der Waals surface area contributed by atoms with E-state index in [-0.39, 0.29) is 0 Å². The second kappa shape index (κ2) is 5.37. The molecule has 0 amide bonds. The van der Waals surface area contributed by atoms with Crippen molar-refractivity contribution in [1.29, 1.82) is 0 Å². The predicted octanol–water partition coefficient (Wildman–Crippen LogP) is 2.70. The summed E-state index contributed by atoms with van der Waals surface area (Å²) >= 11 is 0. The first-order valence-electron chi connectivity index (χ1n) is 5.17. The highest BCUT2D eigenvalue weighted by molar-refractivity contribution is 5.13. The second-order valence-electron chi connectivity index (χ2n) is 3.46. The number of hydrogen-bond acceptors (Lipinski definition) is 1. The van der Waals surface area contributed by atoms with Crippen LogP contribution in [-0.4, -0.2) is 11.2 Å². The molecule has 0 bridgehead atoms. The predicted molar refractivity (Wildman–Crippen MR) is 60.5 cm³/mol. The maximum Gasteiger partial charge on any atom is 0.0717 e. The van der Waals surface area contributed by atoms with E-state index in [1.165, 1.54) is 5.56 Å². The summed E-state index contributed by atoms with van der Waals surface area (Å²) in [5.74, 6) is 0. The van der Waals surface area contributed by atoms with Gasteiger partial charge in [-0.1, -0.05) is 30.3 Å². The molecule has 0 N–H and O–H groups in total. The van der Waals surface area contributed by atoms with Gasteiger partial charge in [0, 0.05) is 18.9 Å². The quantitative estimate of drug-likeness (QED) is 0.678. The van der Waals surface area contributed by atoms with E-state index < -0.39 is 0 Å². The maximum atomic E-state index is 5.57. The number of hydrogen-bond donors (Lipinski definition) is 0. The van der Waals surface area contributed by atoms with Gasteiger partial charge in [0.05, 0.1) is 13.2 Å². The molecule has 0 atom stereocenters. The van der Waals surface area contributed by atoms with Crippen LogP contribution in [0.25, 0.3) is 0 Å². The molecule has 0 saturated heterocycles. The van der Waals surface area contributed by atoms with Crippen molar-refractivity contribution in [2.75, 3.05) is 6.61 Å². The maximum absolute atomic E-state index is 5.57. The highest BCUT2D eigenvalue weighted by Crippen LogP contribution is 2.00. The van der Waals surface area contributed by atoms with Crippen LogP contribution in [0.4, 0.5) is 0 Å². The molecule has 2 nitrogen and oxygen atoms in total. The van der Waals surface area contributed by atoms with Gasteiger partial charge in [0.25, 0.3) is 0 Å². The number of benzene rings is 1. The average molecular weight is 201 g/mol. The molecule has 2 heteroatoms. The molecule has 15 heavy (non-hydrogen) atoms. The smallest absolute Gasteiger partial charge is 0.0717 e. The molecule has 0 radical (unpaired) electrons. The Kier molecular flexibility index (Phi) is 3.58. The average Bonchev–Trinajstić information content (AvgIpc) is 2.79. The van der Waals surface area contributed by atoms with Gasteiger partial charge in [-0.15, -0.1) is 0 Å². The van der Waals surface area contributed by atoms with E-state index >= 15 is 0 Å². The van der Waals surface area contributed by atoms with Gasteiger partial charge in [-0.25, -0.2) is 0 Å². The van der Waals surface area contributed by atoms with Gasteiger partial charge < -0.3 is 9.30 Å². The summed E-state index contributed by atoms with van der Waals surface area (Å²) in [6, 6.07) is 14.3. The molecule has 78 valence electrons. The van der Waals surface area contributed by atoms with Gasteiger partial charge in [0.15, 0.2) is 0 Å². The van der Waals surface area contributed by atoms with Crippen molar-refractivity contribution in [2.45, 2.75) is 13.2 Å². The van der Waals surface area contributed by atoms with Gasteiger partial charge in [0.2, 0.25) is 0 Å². The normalized spacial score (nSPS) is 10.4. The van der Waals surface area contributed by atoms with Crippen molar-refractivity contribution in [2.24, 2.45) is 0 Å². The van der Waals surface area contributed by atoms with Gasteiger partial charge in [0.1, 0.15) is 0 Å². The monoisotopic (exact) mass is 201 g/mol. The van der Waals surface area contributed by atoms with Gasteiger partial charge in [-0.05, 0) is 17.7 Å². The molecule has 0 aliphatic rings. The summed E-state index contributed by atoms with van der Waals surface area (Å²) in [6.45, 7) is 2.37. The Balaban J connectivity index is 1.68. The fraction of sp³-hybridized carbons (Fsp3) is 0.231. The van der Waals surface area contributed by atoms with Crippen LogP contribution in [-0.2, 0) is 17.9 Å². The van der Waals surface area contributed by atoms with Crippen LogP contribution in [0.1, 0.15) is 5.56 Å². The highest BCUT2D eigenvalue weighted by Gasteiger charge is 1.92. The summed E-state index contributed by atoms with van der Waals surface area (Å²) in [7, 11) is 0. The first kappa shape index (κ1) is 9.99. The standard InChI is InChI=1S/C13H15NO/c1-2-6-13(7-3-1)12-15-11-10-14-8-4-5-9-14/h1-9H,10-12H2. The van der Waals surface area contributed by atoms with E-state index in [0.29, 0.717) is 6.61 Å². The van der Waals surface area contributed by atoms with Gasteiger partial charge in [-0.3, -0.25) is 0 Å². The van der Waals surface area contributed by atoms with Crippen molar-refractivity contribution < 1.29 is 4.74 Å². The Bertz CT molecular complexity index is 367. The summed E-state index contributed by atoms with van der Waals surface area (Å²) < 4.78 is 7.69. The first-order valence-corrected chi connectivity index (χ1v) is 5.17. The minimum absolute atomic E-state index is 0.697. The lowest BCUT2D eigenvalue weighted by Gasteiger charge is -2.05. The van der Waals surface area contributed by atoms with Crippen molar-refractivity contribution in [1.82, 2.24) is 4.57 Å². The minimum Gasteiger partial charge on any atom is -0.375 e. The zero-order chi connectivity index (χ0) is 10.3. The summed E-state index contributed by atoms with van der Waals surface area (Å²) in [6.07, 6.45) is 4.09. The van der Waals surface area contributed by atoms with E-state index in [0.717, 1.165) is 13.2 Å². The molecule has 1 heterocycles. The lowest BCUT2D eigenvalue weighted by Crippen LogP contribution is -2.03. The minimum atomic E-state index is 0.697. The zero-order valence-electron chi connectivity index (χ0n) is 8.67. The number of nitrogens with zero attached hydrogens (tertiary/aromatic N) is 1. The molecule has 0 unspecified atom stereocenters. The molecule has 0 aliphatic carbocycles. The van der Waals surface area contributed by atoms with Crippen LogP contribution in [0, 0.1) is 0 Å². The third kappa shape index (κ3) is 3.26. The van der Waals surface area contributed by atoms with E-state index in [2.05, 4.69) is 16.7 Å². The number of aromatic nitrogens is 1. The Morgan fingerprint density at radius 2 is 1.67 bits per heavy atom. The fourth-order valence-corrected chi connectivity index (χ4v) is 1.45. The molecule has 2 aromatic rings. The molecule has 2 rings (SSSR count). The molecule has 1 aromatic carbocycles. The SMILES string of the molecule is c1ccc(COCCn2cccc2)cc1. The number of ether oxygens (including phenoxy) is 1. The summed E-state index contributed by atoms with van der Waals surface area (Å²) in [5.41, 5.74) is 1.23. The van der Waals surface area contributed by atoms with Crippen molar-refractivity contribution >= 4 is 0 Å². The topological polar surface area (TPSA) is 14.2 Å². The van der Waals surface area contributed by atoms with Gasteiger partial charge in [-0.2, -0.15) is 0 Å². The Morgan fingerprint density at radius 3 is 2.40 bits per heavy atom. The van der Waals surface area contributed by atoms with Crippen molar-refractivity contribution in [3.05, 3.63) is 60.4 Å². The third-order valence-corrected chi connectivity index (χ3v) is 2.27. The largest absolute Gasteiger partial charge is 0.375 e. The van der Waals surface area contributed by atoms with Crippen LogP contribution in [0.2, 0.25) is 0 Å². The molecular weight excluding hydrogens is 186 g/mol. The lowest BCUT2D eigenvalue weighted by molar-refractivity contribution is 0.113. The molecule has 1 aromatic heterocycles. The zero-order valence-corrected chi connectivity index (χ0v) is 8.67. The summed E-state index contributed by atoms with van der Waals surface area (Å²) in [4.78, 5) is 0. The van der Waals surface area contributed by atoms with E-state index in [4.69, 9.17) is 4.74 Å². The molecule has 0 spiro atoms. The Hall–Kier alpha value is -1.54. The second-order valence-corrected chi connectivity index (χ2v) is 3.46. The molecular formula is C13H15NO. The van der Waals surface area contributed by atoms with Crippen molar-refractivity contribution in [3.8, 4) is 0 Å². The Morgan fingerprint density at radius 1 is 0.933 bits per heavy atom. The van der Waals surface area contributed by atoms with Crippen LogP contribution in [0.5, 0.6) is 0 Å². The van der Waals surface area contributed by atoms with Crippen LogP contribution in [0.15, 0.2) is 54.9 Å². The fourth-order valence-electron chi connectivity index (χ4n) is 1.45. The molecule has 0 aliphatic heterocycles. The lowest BCUT2D eigenvalue weighted by atomic mass is 10.2. The van der Waals surface area contributed by atoms with Crippen LogP contribution < -0.4 is 0 Å². The Labute approximate surface area is 90.1 Å². The van der Waals surface area contributed by atoms with E-state index in [1.807, 2.05) is 42.7 Å². The van der Waals surface area contributed by atoms with E-state index in [1.54, 1.807) is 0 Å². The number of rotatable bonds is 5. The van der Waals surface area contributed by atoms with Crippen LogP contribution in [0.3, 0.4) is 0 Å². The van der Waals surface area contributed by atoms with Crippen LogP contribution >= 0.6 is 0 Å². The highest BCUT2D eigenvalue weighted by atomic mass is 16.5.